The molecular weight excluding hydrogens is 322 g/mol. The first-order valence-electron chi connectivity index (χ1n) is 8.27. The van der Waals surface area contributed by atoms with Crippen LogP contribution in [-0.4, -0.2) is 32.8 Å². The summed E-state index contributed by atoms with van der Waals surface area (Å²) in [6.45, 7) is 1.70. The summed E-state index contributed by atoms with van der Waals surface area (Å²) in [5.41, 5.74) is 2.04. The third-order valence-electron chi connectivity index (χ3n) is 3.61. The van der Waals surface area contributed by atoms with Gasteiger partial charge in [0.15, 0.2) is 0 Å². The number of unbranched alkanes of at least 4 members (excludes halogenated alkanes) is 1. The number of carbonyl (C=O) groups is 1. The van der Waals surface area contributed by atoms with Gasteiger partial charge in [0.2, 0.25) is 0 Å². The van der Waals surface area contributed by atoms with E-state index in [-0.39, 0.29) is 5.97 Å². The lowest BCUT2D eigenvalue weighted by atomic mass is 10.1. The molecule has 0 radical (unpaired) electrons. The Morgan fingerprint density at radius 2 is 1.96 bits per heavy atom. The second-order valence-corrected chi connectivity index (χ2v) is 6.58. The van der Waals surface area contributed by atoms with Crippen LogP contribution >= 0.6 is 11.3 Å². The fraction of sp³-hybridized carbons (Fsp3) is 0.421. The van der Waals surface area contributed by atoms with Crippen LogP contribution in [0.1, 0.15) is 23.3 Å². The predicted molar refractivity (Wildman–Crippen MR) is 98.7 cm³/mol. The molecule has 1 heterocycles. The molecule has 2 rings (SSSR count). The van der Waals surface area contributed by atoms with Crippen molar-refractivity contribution in [2.75, 3.05) is 32.2 Å². The number of ether oxygens (including phenoxy) is 2. The van der Waals surface area contributed by atoms with Crippen molar-refractivity contribution in [1.29, 1.82) is 0 Å². The molecule has 1 aromatic carbocycles. The van der Waals surface area contributed by atoms with E-state index in [1.807, 2.05) is 35.6 Å². The highest BCUT2D eigenvalue weighted by Gasteiger charge is 2.04. The standard InChI is InChI=1S/C19H25NO3S/c1-22-12-13-23-19(21)15-16-7-9-17(10-8-16)20-11-3-2-5-18-6-4-14-24-18/h4,6-10,14,20H,2-3,5,11-13,15H2,1H3. The Morgan fingerprint density at radius 1 is 1.12 bits per heavy atom. The topological polar surface area (TPSA) is 47.6 Å². The van der Waals surface area contributed by atoms with Gasteiger partial charge in [0.25, 0.3) is 0 Å². The molecule has 4 nitrogen and oxygen atoms in total. The summed E-state index contributed by atoms with van der Waals surface area (Å²) in [6.07, 6.45) is 3.79. The van der Waals surface area contributed by atoms with Crippen molar-refractivity contribution in [3.8, 4) is 0 Å². The van der Waals surface area contributed by atoms with Gasteiger partial charge in [-0.3, -0.25) is 4.79 Å². The van der Waals surface area contributed by atoms with Crippen LogP contribution in [0.25, 0.3) is 0 Å². The first-order valence-corrected chi connectivity index (χ1v) is 9.15. The van der Waals surface area contributed by atoms with E-state index in [1.54, 1.807) is 7.11 Å². The molecule has 0 fully saturated rings. The Kier molecular flexibility index (Phi) is 8.35. The number of thiophene rings is 1. The number of esters is 1. The van der Waals surface area contributed by atoms with Gasteiger partial charge in [-0.1, -0.05) is 18.2 Å². The van der Waals surface area contributed by atoms with E-state index in [1.165, 1.54) is 11.3 Å². The Morgan fingerprint density at radius 3 is 2.67 bits per heavy atom. The van der Waals surface area contributed by atoms with Crippen LogP contribution in [0.4, 0.5) is 5.69 Å². The van der Waals surface area contributed by atoms with Crippen LogP contribution in [-0.2, 0) is 27.1 Å². The molecule has 0 aliphatic carbocycles. The van der Waals surface area contributed by atoms with Gasteiger partial charge in [-0.15, -0.1) is 11.3 Å². The predicted octanol–water partition coefficient (Wildman–Crippen LogP) is 3.92. The molecule has 2 aromatic rings. The van der Waals surface area contributed by atoms with Crippen molar-refractivity contribution in [1.82, 2.24) is 0 Å². The number of hydrogen-bond donors (Lipinski definition) is 1. The Balaban J connectivity index is 1.61. The van der Waals surface area contributed by atoms with Gasteiger partial charge < -0.3 is 14.8 Å². The van der Waals surface area contributed by atoms with Gasteiger partial charge in [-0.2, -0.15) is 0 Å². The molecule has 24 heavy (non-hydrogen) atoms. The van der Waals surface area contributed by atoms with Crippen LogP contribution in [0.3, 0.4) is 0 Å². The quantitative estimate of drug-likeness (QED) is 0.494. The normalized spacial score (nSPS) is 10.5. The number of methoxy groups -OCH3 is 1. The van der Waals surface area contributed by atoms with Crippen LogP contribution in [0.2, 0.25) is 0 Å². The number of hydrogen-bond acceptors (Lipinski definition) is 5. The average Bonchev–Trinajstić information content (AvgIpc) is 3.10. The second kappa shape index (κ2) is 10.8. The third kappa shape index (κ3) is 7.15. The summed E-state index contributed by atoms with van der Waals surface area (Å²) >= 11 is 1.82. The largest absolute Gasteiger partial charge is 0.463 e. The maximum absolute atomic E-state index is 11.6. The number of benzene rings is 1. The minimum atomic E-state index is -0.221. The lowest BCUT2D eigenvalue weighted by Gasteiger charge is -2.08. The first kappa shape index (κ1) is 18.5. The van der Waals surface area contributed by atoms with E-state index >= 15 is 0 Å². The molecule has 1 aromatic heterocycles. The van der Waals surface area contributed by atoms with E-state index in [9.17, 15) is 4.79 Å². The van der Waals surface area contributed by atoms with Gasteiger partial charge in [0.05, 0.1) is 13.0 Å². The maximum atomic E-state index is 11.6. The summed E-state index contributed by atoms with van der Waals surface area (Å²) in [6, 6.07) is 12.2. The van der Waals surface area contributed by atoms with Crippen LogP contribution in [0.15, 0.2) is 41.8 Å². The summed E-state index contributed by atoms with van der Waals surface area (Å²) in [7, 11) is 1.59. The molecule has 130 valence electrons. The molecule has 0 aliphatic heterocycles. The van der Waals surface area contributed by atoms with Crippen LogP contribution in [0, 0.1) is 0 Å². The van der Waals surface area contributed by atoms with Gasteiger partial charge >= 0.3 is 5.97 Å². The fourth-order valence-electron chi connectivity index (χ4n) is 2.31. The highest BCUT2D eigenvalue weighted by atomic mass is 32.1. The molecule has 0 aliphatic rings. The minimum Gasteiger partial charge on any atom is -0.463 e. The zero-order chi connectivity index (χ0) is 17.0. The third-order valence-corrected chi connectivity index (χ3v) is 4.55. The average molecular weight is 347 g/mol. The van der Waals surface area contributed by atoms with E-state index in [4.69, 9.17) is 9.47 Å². The van der Waals surface area contributed by atoms with E-state index in [2.05, 4.69) is 22.8 Å². The van der Waals surface area contributed by atoms with Crippen molar-refractivity contribution in [3.05, 3.63) is 52.2 Å². The molecule has 1 N–H and O–H groups in total. The van der Waals surface area contributed by atoms with Gasteiger partial charge in [0.1, 0.15) is 6.61 Å². The van der Waals surface area contributed by atoms with Crippen LogP contribution < -0.4 is 5.32 Å². The molecular formula is C19H25NO3S. The molecule has 0 bridgehead atoms. The van der Waals surface area contributed by atoms with Crippen molar-refractivity contribution in [2.45, 2.75) is 25.7 Å². The molecule has 0 spiro atoms. The van der Waals surface area contributed by atoms with E-state index < -0.39 is 0 Å². The Labute approximate surface area is 147 Å². The minimum absolute atomic E-state index is 0.221. The van der Waals surface area contributed by atoms with Crippen molar-refractivity contribution >= 4 is 23.0 Å². The molecule has 0 saturated heterocycles. The van der Waals surface area contributed by atoms with E-state index in [0.29, 0.717) is 19.6 Å². The molecule has 5 heteroatoms. The SMILES string of the molecule is COCCOC(=O)Cc1ccc(NCCCCc2cccs2)cc1. The number of nitrogens with one attached hydrogen (secondary N) is 1. The lowest BCUT2D eigenvalue weighted by Crippen LogP contribution is -2.12. The number of anilines is 1. The monoisotopic (exact) mass is 347 g/mol. The molecule has 0 unspecified atom stereocenters. The zero-order valence-electron chi connectivity index (χ0n) is 14.1. The number of rotatable bonds is 11. The summed E-state index contributed by atoms with van der Waals surface area (Å²) in [5.74, 6) is -0.221. The molecule has 0 amide bonds. The molecule has 0 saturated carbocycles. The van der Waals surface area contributed by atoms with Crippen molar-refractivity contribution < 1.29 is 14.3 Å². The number of aryl methyl sites for hydroxylation is 1. The zero-order valence-corrected chi connectivity index (χ0v) is 14.9. The summed E-state index contributed by atoms with van der Waals surface area (Å²) in [5, 5.41) is 5.55. The number of carbonyl (C=O) groups excluding carboxylic acids is 1. The summed E-state index contributed by atoms with van der Waals surface area (Å²) in [4.78, 5) is 13.1. The smallest absolute Gasteiger partial charge is 0.310 e. The van der Waals surface area contributed by atoms with Gasteiger partial charge in [-0.05, 0) is 48.4 Å². The first-order chi connectivity index (χ1) is 11.8. The fourth-order valence-corrected chi connectivity index (χ4v) is 3.06. The summed E-state index contributed by atoms with van der Waals surface area (Å²) < 4.78 is 9.91. The maximum Gasteiger partial charge on any atom is 0.310 e. The highest BCUT2D eigenvalue weighted by molar-refractivity contribution is 7.09. The second-order valence-electron chi connectivity index (χ2n) is 5.55. The molecule has 0 atom stereocenters. The Bertz CT molecular complexity index is 581. The van der Waals surface area contributed by atoms with Crippen molar-refractivity contribution in [3.63, 3.8) is 0 Å². The van der Waals surface area contributed by atoms with Crippen LogP contribution in [0.5, 0.6) is 0 Å². The van der Waals surface area contributed by atoms with Gasteiger partial charge in [-0.25, -0.2) is 0 Å². The van der Waals surface area contributed by atoms with E-state index in [0.717, 1.165) is 30.6 Å². The lowest BCUT2D eigenvalue weighted by molar-refractivity contribution is -0.144. The van der Waals surface area contributed by atoms with Gasteiger partial charge in [0, 0.05) is 24.2 Å². The Hall–Kier alpha value is -1.85. The highest BCUT2D eigenvalue weighted by Crippen LogP contribution is 2.13. The van der Waals surface area contributed by atoms with Crippen molar-refractivity contribution in [2.24, 2.45) is 0 Å².